The molecule has 0 saturated heterocycles. The molecule has 3 rings (SSSR count). The van der Waals surface area contributed by atoms with Crippen molar-refractivity contribution >= 4 is 23.3 Å². The third-order valence-electron chi connectivity index (χ3n) is 4.55. The number of amides is 3. The summed E-state index contributed by atoms with van der Waals surface area (Å²) < 4.78 is 5.52. The van der Waals surface area contributed by atoms with Crippen molar-refractivity contribution in [2.75, 3.05) is 23.4 Å². The number of nitrogens with zero attached hydrogens (tertiary/aromatic N) is 1. The maximum absolute atomic E-state index is 12.1. The lowest BCUT2D eigenvalue weighted by molar-refractivity contribution is -0.121. The van der Waals surface area contributed by atoms with E-state index < -0.39 is 0 Å². The summed E-state index contributed by atoms with van der Waals surface area (Å²) in [5.41, 5.74) is 1.44. The van der Waals surface area contributed by atoms with Gasteiger partial charge in [-0.3, -0.25) is 4.79 Å². The minimum Gasteiger partial charge on any atom is -0.481 e. The molecule has 1 aromatic rings. The first-order chi connectivity index (χ1) is 11.7. The Kier molecular flexibility index (Phi) is 5.23. The fraction of sp³-hybridized carbons (Fsp3) is 0.556. The molecule has 0 atom stereocenters. The fourth-order valence-corrected chi connectivity index (χ4v) is 3.35. The van der Waals surface area contributed by atoms with Crippen LogP contribution < -0.4 is 20.3 Å². The van der Waals surface area contributed by atoms with Crippen LogP contribution in [0.1, 0.15) is 45.4 Å². The van der Waals surface area contributed by atoms with Crippen LogP contribution in [0.25, 0.3) is 0 Å². The molecule has 24 heavy (non-hydrogen) atoms. The van der Waals surface area contributed by atoms with E-state index in [1.54, 1.807) is 11.0 Å². The molecule has 2 aliphatic rings. The van der Waals surface area contributed by atoms with Gasteiger partial charge in [0.05, 0.1) is 5.69 Å². The number of fused-ring (bicyclic) bond motifs is 1. The summed E-state index contributed by atoms with van der Waals surface area (Å²) in [4.78, 5) is 25.8. The molecule has 0 radical (unpaired) electrons. The molecular weight excluding hydrogens is 306 g/mol. The van der Waals surface area contributed by atoms with E-state index in [9.17, 15) is 9.59 Å². The van der Waals surface area contributed by atoms with Gasteiger partial charge in [-0.2, -0.15) is 0 Å². The van der Waals surface area contributed by atoms with Gasteiger partial charge in [0.1, 0.15) is 5.75 Å². The molecule has 130 valence electrons. The molecule has 1 aromatic carbocycles. The van der Waals surface area contributed by atoms with Gasteiger partial charge in [0.2, 0.25) is 0 Å². The number of nitrogens with one attached hydrogen (secondary N) is 2. The van der Waals surface area contributed by atoms with Gasteiger partial charge >= 0.3 is 6.03 Å². The van der Waals surface area contributed by atoms with Gasteiger partial charge in [-0.15, -0.1) is 0 Å². The number of benzene rings is 1. The molecule has 0 spiro atoms. The summed E-state index contributed by atoms with van der Waals surface area (Å²) in [5, 5.41) is 5.89. The topological polar surface area (TPSA) is 70.7 Å². The van der Waals surface area contributed by atoms with Gasteiger partial charge in [-0.25, -0.2) is 4.79 Å². The van der Waals surface area contributed by atoms with E-state index in [1.165, 1.54) is 19.3 Å². The number of hydrogen-bond acceptors (Lipinski definition) is 3. The van der Waals surface area contributed by atoms with Crippen molar-refractivity contribution in [1.29, 1.82) is 0 Å². The average molecular weight is 331 g/mol. The van der Waals surface area contributed by atoms with Gasteiger partial charge < -0.3 is 20.3 Å². The monoisotopic (exact) mass is 331 g/mol. The lowest BCUT2D eigenvalue weighted by Crippen LogP contribution is -2.40. The van der Waals surface area contributed by atoms with Crippen LogP contribution in [0, 0.1) is 0 Å². The Labute approximate surface area is 142 Å². The highest BCUT2D eigenvalue weighted by atomic mass is 16.5. The summed E-state index contributed by atoms with van der Waals surface area (Å²) in [6, 6.07) is 5.51. The Morgan fingerprint density at radius 3 is 2.83 bits per heavy atom. The van der Waals surface area contributed by atoms with Crippen molar-refractivity contribution in [2.45, 2.75) is 51.5 Å². The van der Waals surface area contributed by atoms with Crippen LogP contribution in [-0.4, -0.2) is 31.1 Å². The fourth-order valence-electron chi connectivity index (χ4n) is 3.35. The second kappa shape index (κ2) is 7.55. The minimum absolute atomic E-state index is 0.0277. The Morgan fingerprint density at radius 2 is 2.08 bits per heavy atom. The van der Waals surface area contributed by atoms with E-state index in [2.05, 4.69) is 10.6 Å². The third kappa shape index (κ3) is 3.80. The van der Waals surface area contributed by atoms with E-state index in [0.717, 1.165) is 24.9 Å². The van der Waals surface area contributed by atoms with Crippen LogP contribution in [0.2, 0.25) is 0 Å². The molecule has 1 fully saturated rings. The number of anilines is 2. The first-order valence-electron chi connectivity index (χ1n) is 8.82. The van der Waals surface area contributed by atoms with Crippen molar-refractivity contribution < 1.29 is 14.3 Å². The van der Waals surface area contributed by atoms with Crippen LogP contribution in [0.3, 0.4) is 0 Å². The van der Waals surface area contributed by atoms with Crippen LogP contribution in [-0.2, 0) is 4.79 Å². The average Bonchev–Trinajstić information content (AvgIpc) is 2.58. The van der Waals surface area contributed by atoms with E-state index in [0.29, 0.717) is 18.0 Å². The smallest absolute Gasteiger partial charge is 0.319 e. The van der Waals surface area contributed by atoms with Crippen molar-refractivity contribution in [3.63, 3.8) is 0 Å². The van der Waals surface area contributed by atoms with Crippen molar-refractivity contribution in [2.24, 2.45) is 0 Å². The highest BCUT2D eigenvalue weighted by Gasteiger charge is 2.25. The van der Waals surface area contributed by atoms with E-state index in [4.69, 9.17) is 4.74 Å². The molecule has 1 heterocycles. The van der Waals surface area contributed by atoms with Crippen LogP contribution in [0.4, 0.5) is 16.2 Å². The van der Waals surface area contributed by atoms with Crippen molar-refractivity contribution in [1.82, 2.24) is 5.32 Å². The second-order valence-electron chi connectivity index (χ2n) is 6.45. The number of ether oxygens (including phenoxy) is 1. The molecule has 3 amide bonds. The first-order valence-corrected chi connectivity index (χ1v) is 8.82. The normalized spacial score (nSPS) is 17.9. The zero-order chi connectivity index (χ0) is 16.9. The standard InChI is InChI=1S/C18H25N3O3/c1-2-10-21-15-9-8-14(11-16(15)24-12-17(21)22)20-18(23)19-13-6-4-3-5-7-13/h8-9,11,13H,2-7,10,12H2,1H3,(H2,19,20,23). The molecule has 1 aliphatic heterocycles. The predicted octanol–water partition coefficient (Wildman–Crippen LogP) is 3.28. The minimum atomic E-state index is -0.181. The molecule has 0 unspecified atom stereocenters. The lowest BCUT2D eigenvalue weighted by Gasteiger charge is -2.29. The van der Waals surface area contributed by atoms with Gasteiger partial charge in [-0.1, -0.05) is 26.2 Å². The Balaban J connectivity index is 1.65. The Hall–Kier alpha value is -2.24. The zero-order valence-electron chi connectivity index (χ0n) is 14.1. The molecule has 2 N–H and O–H groups in total. The quantitative estimate of drug-likeness (QED) is 0.889. The van der Waals surface area contributed by atoms with Gasteiger partial charge in [0.25, 0.3) is 5.91 Å². The summed E-state index contributed by atoms with van der Waals surface area (Å²) in [5.74, 6) is 0.610. The van der Waals surface area contributed by atoms with Crippen LogP contribution in [0.15, 0.2) is 18.2 Å². The molecular formula is C18H25N3O3. The number of carbonyl (C=O) groups is 2. The zero-order valence-corrected chi connectivity index (χ0v) is 14.1. The summed E-state index contributed by atoms with van der Waals surface area (Å²) in [7, 11) is 0. The maximum atomic E-state index is 12.1. The molecule has 6 heteroatoms. The maximum Gasteiger partial charge on any atom is 0.319 e. The van der Waals surface area contributed by atoms with E-state index >= 15 is 0 Å². The van der Waals surface area contributed by atoms with Crippen molar-refractivity contribution in [3.05, 3.63) is 18.2 Å². The number of rotatable bonds is 4. The first kappa shape index (κ1) is 16.6. The molecule has 6 nitrogen and oxygen atoms in total. The molecule has 1 saturated carbocycles. The largest absolute Gasteiger partial charge is 0.481 e. The Bertz CT molecular complexity index is 612. The van der Waals surface area contributed by atoms with Crippen LogP contribution >= 0.6 is 0 Å². The molecule has 1 aliphatic carbocycles. The predicted molar refractivity (Wildman–Crippen MR) is 93.6 cm³/mol. The highest BCUT2D eigenvalue weighted by molar-refractivity contribution is 5.98. The van der Waals surface area contributed by atoms with Crippen LogP contribution in [0.5, 0.6) is 5.75 Å². The summed E-state index contributed by atoms with van der Waals surface area (Å²) >= 11 is 0. The Morgan fingerprint density at radius 1 is 1.29 bits per heavy atom. The van der Waals surface area contributed by atoms with Gasteiger partial charge in [0.15, 0.2) is 6.61 Å². The van der Waals surface area contributed by atoms with Gasteiger partial charge in [-0.05, 0) is 31.4 Å². The van der Waals surface area contributed by atoms with Gasteiger partial charge in [0, 0.05) is 24.3 Å². The number of carbonyl (C=O) groups excluding carboxylic acids is 2. The van der Waals surface area contributed by atoms with E-state index in [1.807, 2.05) is 19.1 Å². The summed E-state index contributed by atoms with van der Waals surface area (Å²) in [6.07, 6.45) is 6.60. The SMILES string of the molecule is CCCN1C(=O)COc2cc(NC(=O)NC3CCCCC3)ccc21. The molecule has 0 aromatic heterocycles. The number of urea groups is 1. The summed E-state index contributed by atoms with van der Waals surface area (Å²) in [6.45, 7) is 2.75. The van der Waals surface area contributed by atoms with Crippen molar-refractivity contribution in [3.8, 4) is 5.75 Å². The third-order valence-corrected chi connectivity index (χ3v) is 4.55. The number of hydrogen-bond donors (Lipinski definition) is 2. The highest BCUT2D eigenvalue weighted by Crippen LogP contribution is 2.34. The molecule has 0 bridgehead atoms. The van der Waals surface area contributed by atoms with E-state index in [-0.39, 0.29) is 24.6 Å². The second-order valence-corrected chi connectivity index (χ2v) is 6.45. The lowest BCUT2D eigenvalue weighted by atomic mass is 9.96.